The van der Waals surface area contributed by atoms with E-state index in [1.54, 1.807) is 4.90 Å². The molecule has 3 rings (SSSR count). The number of carbonyl (C=O) groups excluding carboxylic acids is 5. The lowest BCUT2D eigenvalue weighted by Gasteiger charge is -2.26. The number of amides is 3. The van der Waals surface area contributed by atoms with Crippen LogP contribution in [0.5, 0.6) is 0 Å². The van der Waals surface area contributed by atoms with E-state index in [1.165, 1.54) is 141 Å². The molecule has 2 atom stereocenters. The van der Waals surface area contributed by atoms with E-state index in [9.17, 15) is 33.4 Å². The van der Waals surface area contributed by atoms with Crippen LogP contribution in [0.3, 0.4) is 0 Å². The standard InChI is InChI=1S/C65H104N3O12P.H3N/c1-3-5-7-9-11-13-15-17-19-21-23-25-27-29-31-45-63(71)77-54-59(80-64(72)46-32-30-28-26-24-22-20-18-16-14-12-10-8-6-4-2)55-79-81(74,75)78-52-50-67-65(73)76-51-49-66-61(69)43-37-38-44-62(70)68-53-58-41-34-33-39-56(58)47-48-57-40-35-36-42-60(57)68;/h33-36,39-42,59H,3-32,37-38,43-46,49-55H2,1-2H3,(H,66,69)(H,67,73)(H,74,75);1H3/t59-;/m1./s1. The number of hydrogen-bond donors (Lipinski definition) is 4. The molecule has 1 unspecified atom stereocenters. The number of rotatable bonds is 50. The van der Waals surface area contributed by atoms with E-state index in [0.717, 1.165) is 60.9 Å². The minimum absolute atomic E-state index is 0. The topological polar surface area (TPSA) is 231 Å². The van der Waals surface area contributed by atoms with E-state index < -0.39 is 45.2 Å². The number of unbranched alkanes of at least 4 members (excludes halogenated alkanes) is 29. The number of phosphoric ester groups is 1. The quantitative estimate of drug-likeness (QED) is 0.0159. The van der Waals surface area contributed by atoms with Gasteiger partial charge in [-0.1, -0.05) is 236 Å². The summed E-state index contributed by atoms with van der Waals surface area (Å²) < 4.78 is 39.2. The average Bonchev–Trinajstić information content (AvgIpc) is 3.51. The Kier molecular flexibility index (Phi) is 43.4. The van der Waals surface area contributed by atoms with E-state index in [4.69, 9.17) is 23.3 Å². The third kappa shape index (κ3) is 37.4. The van der Waals surface area contributed by atoms with Gasteiger partial charge in [-0.05, 0) is 49.4 Å². The van der Waals surface area contributed by atoms with Gasteiger partial charge in [0.1, 0.15) is 13.2 Å². The summed E-state index contributed by atoms with van der Waals surface area (Å²) in [4.78, 5) is 76.0. The molecule has 0 fully saturated rings. The summed E-state index contributed by atoms with van der Waals surface area (Å²) >= 11 is 0. The lowest BCUT2D eigenvalue weighted by atomic mass is 10.0. The second-order valence-electron chi connectivity index (χ2n) is 21.8. The van der Waals surface area contributed by atoms with Crippen LogP contribution in [0.15, 0.2) is 48.5 Å². The third-order valence-corrected chi connectivity index (χ3v) is 15.6. The lowest BCUT2D eigenvalue weighted by molar-refractivity contribution is -0.161. The number of benzene rings is 2. The van der Waals surface area contributed by atoms with Crippen molar-refractivity contribution in [2.75, 3.05) is 44.4 Å². The molecule has 82 heavy (non-hydrogen) atoms. The van der Waals surface area contributed by atoms with Crippen LogP contribution in [0, 0.1) is 11.8 Å². The number of nitrogens with zero attached hydrogens (tertiary/aromatic N) is 1. The number of para-hydroxylation sites is 1. The van der Waals surface area contributed by atoms with Crippen LogP contribution in [0.4, 0.5) is 10.5 Å². The van der Waals surface area contributed by atoms with Crippen LogP contribution < -0.4 is 21.7 Å². The van der Waals surface area contributed by atoms with Crippen molar-refractivity contribution in [1.82, 2.24) is 16.8 Å². The first-order chi connectivity index (χ1) is 39.5. The highest BCUT2D eigenvalue weighted by atomic mass is 31.2. The van der Waals surface area contributed by atoms with Gasteiger partial charge >= 0.3 is 25.9 Å². The number of nitrogens with one attached hydrogen (secondary N) is 2. The van der Waals surface area contributed by atoms with E-state index in [0.29, 0.717) is 32.2 Å². The molecule has 3 amide bonds. The molecule has 2 aromatic carbocycles. The second-order valence-corrected chi connectivity index (χ2v) is 23.3. The van der Waals surface area contributed by atoms with Gasteiger partial charge in [-0.25, -0.2) is 9.36 Å². The lowest BCUT2D eigenvalue weighted by Crippen LogP contribution is -2.32. The normalized spacial score (nSPS) is 12.7. The van der Waals surface area contributed by atoms with Crippen LogP contribution in [0.25, 0.3) is 0 Å². The Morgan fingerprint density at radius 2 is 0.976 bits per heavy atom. The first kappa shape index (κ1) is 73.3. The molecule has 464 valence electrons. The number of esters is 2. The zero-order chi connectivity index (χ0) is 58.3. The van der Waals surface area contributed by atoms with E-state index in [2.05, 4.69) is 36.3 Å². The van der Waals surface area contributed by atoms with Crippen molar-refractivity contribution in [3.63, 3.8) is 0 Å². The van der Waals surface area contributed by atoms with Gasteiger partial charge in [-0.3, -0.25) is 28.2 Å². The Balaban J connectivity index is 0.0000230. The van der Waals surface area contributed by atoms with E-state index in [1.807, 2.05) is 48.5 Å². The fourth-order valence-electron chi connectivity index (χ4n) is 9.81. The number of carbonyl (C=O) groups is 5. The van der Waals surface area contributed by atoms with Crippen molar-refractivity contribution in [3.05, 3.63) is 65.2 Å². The number of phosphoric acid groups is 1. The maximum absolute atomic E-state index is 13.5. The maximum atomic E-state index is 13.5. The fraction of sp³-hybridized carbons (Fsp3) is 0.708. The van der Waals surface area contributed by atoms with Crippen molar-refractivity contribution in [2.24, 2.45) is 0 Å². The van der Waals surface area contributed by atoms with Crippen molar-refractivity contribution >= 4 is 43.4 Å². The molecule has 6 N–H and O–H groups in total. The molecule has 0 aromatic heterocycles. The smallest absolute Gasteiger partial charge is 0.462 e. The average molecular weight is 1170 g/mol. The molecule has 0 radical (unpaired) electrons. The van der Waals surface area contributed by atoms with Crippen LogP contribution in [-0.4, -0.2) is 80.4 Å². The summed E-state index contributed by atoms with van der Waals surface area (Å²) in [6.07, 6.45) is 36.2. The van der Waals surface area contributed by atoms with E-state index >= 15 is 0 Å². The predicted octanol–water partition coefficient (Wildman–Crippen LogP) is 15.6. The molecule has 1 heterocycles. The highest BCUT2D eigenvalue weighted by molar-refractivity contribution is 7.47. The summed E-state index contributed by atoms with van der Waals surface area (Å²) in [5, 5.41) is 5.11. The first-order valence-electron chi connectivity index (χ1n) is 31.6. The zero-order valence-corrected chi connectivity index (χ0v) is 51.5. The predicted molar refractivity (Wildman–Crippen MR) is 328 cm³/mol. The summed E-state index contributed by atoms with van der Waals surface area (Å²) in [5.41, 5.74) is 3.40. The van der Waals surface area contributed by atoms with Crippen molar-refractivity contribution < 1.29 is 56.7 Å². The number of anilines is 1. The maximum Gasteiger partial charge on any atom is 0.472 e. The van der Waals surface area contributed by atoms with Crippen LogP contribution in [-0.2, 0) is 53.5 Å². The zero-order valence-electron chi connectivity index (χ0n) is 50.6. The van der Waals surface area contributed by atoms with Crippen LogP contribution >= 0.6 is 7.82 Å². The van der Waals surface area contributed by atoms with Gasteiger partial charge in [0.2, 0.25) is 11.8 Å². The Morgan fingerprint density at radius 1 is 0.524 bits per heavy atom. The van der Waals surface area contributed by atoms with Crippen LogP contribution in [0.1, 0.15) is 262 Å². The van der Waals surface area contributed by atoms with Crippen molar-refractivity contribution in [1.29, 1.82) is 0 Å². The Bertz CT molecular complexity index is 2150. The number of fused-ring (bicyclic) bond motifs is 2. The van der Waals surface area contributed by atoms with Gasteiger partial charge in [0.15, 0.2) is 6.10 Å². The Morgan fingerprint density at radius 3 is 1.54 bits per heavy atom. The van der Waals surface area contributed by atoms with Gasteiger partial charge in [0.25, 0.3) is 0 Å². The molecule has 0 aliphatic carbocycles. The number of hydrogen-bond acceptors (Lipinski definition) is 12. The SMILES string of the molecule is CCCCCCCCCCCCCCCCCC(=O)OC[C@H](COP(=O)(O)OCCNC(=O)OCCNC(=O)CCCCC(=O)N1Cc2ccccc2C#Cc2ccccc21)OC(=O)CCCCCCCCCCCCCCCCC.N. The molecule has 1 aliphatic rings. The molecule has 16 nitrogen and oxygen atoms in total. The second kappa shape index (κ2) is 48.6. The van der Waals surface area contributed by atoms with Crippen molar-refractivity contribution in [3.8, 4) is 11.8 Å². The van der Waals surface area contributed by atoms with Crippen LogP contribution in [0.2, 0.25) is 0 Å². The number of ether oxygens (including phenoxy) is 3. The molecule has 0 spiro atoms. The molecule has 2 aromatic rings. The Labute approximate surface area is 494 Å². The minimum atomic E-state index is -4.68. The third-order valence-electron chi connectivity index (χ3n) is 14.6. The highest BCUT2D eigenvalue weighted by Gasteiger charge is 2.27. The summed E-state index contributed by atoms with van der Waals surface area (Å²) in [7, 11) is -4.68. The molecule has 0 saturated heterocycles. The number of alkyl carbamates (subject to hydrolysis) is 1. The monoisotopic (exact) mass is 1170 g/mol. The molecular weight excluding hydrogens is 1060 g/mol. The summed E-state index contributed by atoms with van der Waals surface area (Å²) in [6, 6.07) is 15.4. The van der Waals surface area contributed by atoms with Gasteiger partial charge in [-0.2, -0.15) is 0 Å². The summed E-state index contributed by atoms with van der Waals surface area (Å²) in [6.45, 7) is 3.34. The fourth-order valence-corrected chi connectivity index (χ4v) is 10.6. The molecule has 0 saturated carbocycles. The largest absolute Gasteiger partial charge is 0.472 e. The van der Waals surface area contributed by atoms with Crippen molar-refractivity contribution in [2.45, 2.75) is 258 Å². The van der Waals surface area contributed by atoms with E-state index in [-0.39, 0.29) is 70.0 Å². The Hall–Kier alpha value is -4.78. The minimum Gasteiger partial charge on any atom is -0.462 e. The van der Waals surface area contributed by atoms with Gasteiger partial charge in [0.05, 0.1) is 32.0 Å². The molecule has 0 bridgehead atoms. The van der Waals surface area contributed by atoms with Gasteiger partial charge < -0.3 is 40.8 Å². The molecule has 1 aliphatic heterocycles. The first-order valence-corrected chi connectivity index (χ1v) is 33.1. The summed E-state index contributed by atoms with van der Waals surface area (Å²) in [5.74, 6) is 5.17. The highest BCUT2D eigenvalue weighted by Crippen LogP contribution is 2.43. The molecule has 17 heteroatoms. The molecular formula is C65H107N4O12P. The van der Waals surface area contributed by atoms with Gasteiger partial charge in [-0.15, -0.1) is 0 Å². The van der Waals surface area contributed by atoms with Gasteiger partial charge in [0, 0.05) is 43.4 Å².